The molecule has 0 radical (unpaired) electrons. The molecule has 1 aliphatic heterocycles. The Morgan fingerprint density at radius 1 is 1.08 bits per heavy atom. The summed E-state index contributed by atoms with van der Waals surface area (Å²) in [6.07, 6.45) is -0.212. The Balaban J connectivity index is 1.97. The van der Waals surface area contributed by atoms with Crippen LogP contribution >= 0.6 is 0 Å². The molecule has 3 rings (SSSR count). The zero-order valence-electron chi connectivity index (χ0n) is 15.7. The van der Waals surface area contributed by atoms with E-state index >= 15 is 0 Å². The molecule has 1 amide bonds. The standard InChI is InChI=1S/C22H25NO3/c1-15-9-11-16(12-10-15)14-23-18-8-6-5-7-17(18)22(26,20(23)25)13-19(24)21(2,3)4/h5-12,26H,13-14H2,1-4H3/t22-/m1/s1. The van der Waals surface area contributed by atoms with Gasteiger partial charge in [-0.25, -0.2) is 0 Å². The molecule has 0 spiro atoms. The number of rotatable bonds is 4. The van der Waals surface area contributed by atoms with Crippen LogP contribution in [-0.2, 0) is 21.7 Å². The molecule has 2 aromatic rings. The molecule has 0 fully saturated rings. The van der Waals surface area contributed by atoms with E-state index in [2.05, 4.69) is 0 Å². The number of carbonyl (C=O) groups excluding carboxylic acids is 2. The van der Waals surface area contributed by atoms with Crippen LogP contribution in [0.4, 0.5) is 5.69 Å². The van der Waals surface area contributed by atoms with Gasteiger partial charge < -0.3 is 10.0 Å². The number of aryl methyl sites for hydroxylation is 1. The van der Waals surface area contributed by atoms with Gasteiger partial charge in [0.25, 0.3) is 5.91 Å². The van der Waals surface area contributed by atoms with Gasteiger partial charge in [0.2, 0.25) is 0 Å². The Morgan fingerprint density at radius 2 is 1.69 bits per heavy atom. The summed E-state index contributed by atoms with van der Waals surface area (Å²) >= 11 is 0. The number of carbonyl (C=O) groups is 2. The van der Waals surface area contributed by atoms with Crippen LogP contribution in [0.1, 0.15) is 43.9 Å². The summed E-state index contributed by atoms with van der Waals surface area (Å²) in [4.78, 5) is 27.3. The van der Waals surface area contributed by atoms with Crippen molar-refractivity contribution in [2.24, 2.45) is 5.41 Å². The molecule has 0 saturated carbocycles. The zero-order chi connectivity index (χ0) is 19.1. The SMILES string of the molecule is Cc1ccc(CN2C(=O)[C@@](O)(CC(=O)C(C)(C)C)c3ccccc32)cc1. The summed E-state index contributed by atoms with van der Waals surface area (Å²) < 4.78 is 0. The molecule has 2 aromatic carbocycles. The Labute approximate surface area is 154 Å². The highest BCUT2D eigenvalue weighted by atomic mass is 16.3. The third-order valence-corrected chi connectivity index (χ3v) is 4.95. The smallest absolute Gasteiger partial charge is 0.264 e. The molecular formula is C22H25NO3. The van der Waals surface area contributed by atoms with Crippen molar-refractivity contribution in [3.63, 3.8) is 0 Å². The average molecular weight is 351 g/mol. The second-order valence-electron chi connectivity index (χ2n) is 8.10. The monoisotopic (exact) mass is 351 g/mol. The minimum atomic E-state index is -1.80. The predicted octanol–water partition coefficient (Wildman–Crippen LogP) is 3.73. The van der Waals surface area contributed by atoms with Crippen molar-refractivity contribution in [3.8, 4) is 0 Å². The highest BCUT2D eigenvalue weighted by molar-refractivity contribution is 6.09. The lowest BCUT2D eigenvalue weighted by Gasteiger charge is -2.26. The summed E-state index contributed by atoms with van der Waals surface area (Å²) in [7, 11) is 0. The quantitative estimate of drug-likeness (QED) is 0.913. The Kier molecular flexibility index (Phi) is 4.49. The fourth-order valence-corrected chi connectivity index (χ4v) is 3.21. The van der Waals surface area contributed by atoms with Gasteiger partial charge in [-0.05, 0) is 18.6 Å². The number of benzene rings is 2. The van der Waals surface area contributed by atoms with Crippen LogP contribution in [0.3, 0.4) is 0 Å². The molecule has 4 heteroatoms. The largest absolute Gasteiger partial charge is 0.375 e. The van der Waals surface area contributed by atoms with Gasteiger partial charge in [0.1, 0.15) is 5.78 Å². The molecule has 4 nitrogen and oxygen atoms in total. The van der Waals surface area contributed by atoms with E-state index in [4.69, 9.17) is 0 Å². The van der Waals surface area contributed by atoms with Crippen molar-refractivity contribution in [2.75, 3.05) is 4.90 Å². The molecule has 1 atom stereocenters. The first-order valence-corrected chi connectivity index (χ1v) is 8.85. The molecule has 0 bridgehead atoms. The second-order valence-corrected chi connectivity index (χ2v) is 8.10. The van der Waals surface area contributed by atoms with Crippen molar-refractivity contribution in [1.82, 2.24) is 0 Å². The first-order valence-electron chi connectivity index (χ1n) is 8.85. The number of amides is 1. The van der Waals surface area contributed by atoms with E-state index in [1.807, 2.05) is 43.3 Å². The van der Waals surface area contributed by atoms with Crippen molar-refractivity contribution >= 4 is 17.4 Å². The van der Waals surface area contributed by atoms with Crippen molar-refractivity contribution in [2.45, 2.75) is 46.3 Å². The normalized spacial score (nSPS) is 19.6. The first-order chi connectivity index (χ1) is 12.1. The molecule has 26 heavy (non-hydrogen) atoms. The summed E-state index contributed by atoms with van der Waals surface area (Å²) in [5.74, 6) is -0.572. The van der Waals surface area contributed by atoms with E-state index in [-0.39, 0.29) is 12.2 Å². The molecule has 1 aliphatic rings. The third kappa shape index (κ3) is 3.17. The summed E-state index contributed by atoms with van der Waals surface area (Å²) in [6, 6.07) is 15.1. The topological polar surface area (TPSA) is 57.6 Å². The van der Waals surface area contributed by atoms with E-state index in [9.17, 15) is 14.7 Å². The van der Waals surface area contributed by atoms with Gasteiger partial charge in [0.05, 0.1) is 12.2 Å². The van der Waals surface area contributed by atoms with Gasteiger partial charge in [-0.2, -0.15) is 0 Å². The fourth-order valence-electron chi connectivity index (χ4n) is 3.21. The van der Waals surface area contributed by atoms with Gasteiger partial charge in [0, 0.05) is 17.4 Å². The summed E-state index contributed by atoms with van der Waals surface area (Å²) in [5, 5.41) is 11.2. The van der Waals surface area contributed by atoms with Crippen LogP contribution in [0, 0.1) is 12.3 Å². The number of Topliss-reactive ketones (excluding diaryl/α,β-unsaturated/α-hetero) is 1. The third-order valence-electron chi connectivity index (χ3n) is 4.95. The van der Waals surface area contributed by atoms with Gasteiger partial charge in [-0.1, -0.05) is 68.8 Å². The number of hydrogen-bond acceptors (Lipinski definition) is 3. The zero-order valence-corrected chi connectivity index (χ0v) is 15.7. The highest BCUT2D eigenvalue weighted by Gasteiger charge is 2.51. The molecule has 0 aliphatic carbocycles. The average Bonchev–Trinajstić information content (AvgIpc) is 2.78. The summed E-state index contributed by atoms with van der Waals surface area (Å²) in [5.41, 5.74) is 0.886. The van der Waals surface area contributed by atoms with Crippen LogP contribution in [0.25, 0.3) is 0 Å². The molecule has 0 saturated heterocycles. The van der Waals surface area contributed by atoms with Crippen molar-refractivity contribution in [3.05, 3.63) is 65.2 Å². The Hall–Kier alpha value is -2.46. The molecule has 0 aromatic heterocycles. The molecule has 1 heterocycles. The van der Waals surface area contributed by atoms with Gasteiger partial charge in [-0.15, -0.1) is 0 Å². The Bertz CT molecular complexity index is 848. The van der Waals surface area contributed by atoms with Gasteiger partial charge in [0.15, 0.2) is 5.60 Å². The van der Waals surface area contributed by atoms with Crippen molar-refractivity contribution in [1.29, 1.82) is 0 Å². The molecule has 136 valence electrons. The molecule has 1 N–H and O–H groups in total. The fraction of sp³-hybridized carbons (Fsp3) is 0.364. The lowest BCUT2D eigenvalue weighted by atomic mass is 9.81. The predicted molar refractivity (Wildman–Crippen MR) is 102 cm³/mol. The number of fused-ring (bicyclic) bond motifs is 1. The van der Waals surface area contributed by atoms with E-state index in [1.54, 1.807) is 37.8 Å². The maximum absolute atomic E-state index is 13.1. The van der Waals surface area contributed by atoms with Crippen molar-refractivity contribution < 1.29 is 14.7 Å². The van der Waals surface area contributed by atoms with Gasteiger partial charge >= 0.3 is 0 Å². The lowest BCUT2D eigenvalue weighted by Crippen LogP contribution is -2.43. The first kappa shape index (κ1) is 18.3. The maximum atomic E-state index is 13.1. The number of aliphatic hydroxyl groups is 1. The van der Waals surface area contributed by atoms with Crippen LogP contribution < -0.4 is 4.90 Å². The number of nitrogens with zero attached hydrogens (tertiary/aromatic N) is 1. The number of ketones is 1. The minimum absolute atomic E-state index is 0.139. The minimum Gasteiger partial charge on any atom is -0.375 e. The molecular weight excluding hydrogens is 326 g/mol. The van der Waals surface area contributed by atoms with Gasteiger partial charge in [-0.3, -0.25) is 9.59 Å². The number of anilines is 1. The lowest BCUT2D eigenvalue weighted by molar-refractivity contribution is -0.144. The van der Waals surface area contributed by atoms with E-state index in [1.165, 1.54) is 0 Å². The van der Waals surface area contributed by atoms with Crippen LogP contribution in [0.2, 0.25) is 0 Å². The summed E-state index contributed by atoms with van der Waals surface area (Å²) in [6.45, 7) is 7.77. The second kappa shape index (κ2) is 6.36. The maximum Gasteiger partial charge on any atom is 0.264 e. The van der Waals surface area contributed by atoms with E-state index < -0.39 is 16.9 Å². The number of hydrogen-bond donors (Lipinski definition) is 1. The van der Waals surface area contributed by atoms with Crippen LogP contribution in [-0.4, -0.2) is 16.8 Å². The number of para-hydroxylation sites is 1. The molecule has 0 unspecified atom stereocenters. The van der Waals surface area contributed by atoms with Crippen LogP contribution in [0.5, 0.6) is 0 Å². The van der Waals surface area contributed by atoms with Crippen LogP contribution in [0.15, 0.2) is 48.5 Å². The highest BCUT2D eigenvalue weighted by Crippen LogP contribution is 2.44. The van der Waals surface area contributed by atoms with E-state index in [0.717, 1.165) is 11.1 Å². The van der Waals surface area contributed by atoms with E-state index in [0.29, 0.717) is 17.8 Å². The Morgan fingerprint density at radius 3 is 2.31 bits per heavy atom.